The van der Waals surface area contributed by atoms with Crippen molar-refractivity contribution in [1.82, 2.24) is 9.55 Å². The van der Waals surface area contributed by atoms with Crippen LogP contribution in [0.15, 0.2) is 27.5 Å². The molecule has 0 aliphatic carbocycles. The fourth-order valence-electron chi connectivity index (χ4n) is 2.16. The van der Waals surface area contributed by atoms with Crippen molar-refractivity contribution in [2.75, 3.05) is 7.11 Å². The van der Waals surface area contributed by atoms with Crippen LogP contribution in [0.5, 0.6) is 5.75 Å². The van der Waals surface area contributed by atoms with E-state index in [0.717, 1.165) is 27.0 Å². The number of halogens is 1. The minimum atomic E-state index is -0.244. The Hall–Kier alpha value is -1.62. The monoisotopic (exact) mass is 336 g/mol. The van der Waals surface area contributed by atoms with E-state index >= 15 is 0 Å². The fraction of sp³-hybridized carbons (Fsp3) is 0.333. The number of ether oxygens (including phenoxy) is 1. The van der Waals surface area contributed by atoms with Gasteiger partial charge in [0.1, 0.15) is 5.75 Å². The Morgan fingerprint density at radius 2 is 2.00 bits per heavy atom. The van der Waals surface area contributed by atoms with E-state index in [1.54, 1.807) is 11.7 Å². The highest BCUT2D eigenvalue weighted by Crippen LogP contribution is 2.22. The van der Waals surface area contributed by atoms with E-state index in [0.29, 0.717) is 12.2 Å². The van der Waals surface area contributed by atoms with Crippen molar-refractivity contribution in [3.63, 3.8) is 0 Å². The summed E-state index contributed by atoms with van der Waals surface area (Å²) in [4.78, 5) is 16.1. The van der Waals surface area contributed by atoms with E-state index < -0.39 is 0 Å². The van der Waals surface area contributed by atoms with Gasteiger partial charge < -0.3 is 4.74 Å². The maximum atomic E-state index is 12.1. The number of aromatic nitrogens is 2. The smallest absolute Gasteiger partial charge is 0.348 e. The third-order valence-corrected chi connectivity index (χ3v) is 4.45. The molecule has 2 rings (SSSR count). The van der Waals surface area contributed by atoms with Gasteiger partial charge in [-0.05, 0) is 42.8 Å². The quantitative estimate of drug-likeness (QED) is 0.865. The Morgan fingerprint density at radius 1 is 1.30 bits per heavy atom. The molecule has 1 aromatic heterocycles. The summed E-state index contributed by atoms with van der Waals surface area (Å²) in [6.07, 6.45) is 0. The van der Waals surface area contributed by atoms with Crippen LogP contribution < -0.4 is 10.4 Å². The molecule has 0 saturated heterocycles. The average molecular weight is 337 g/mol. The minimum absolute atomic E-state index is 0.244. The van der Waals surface area contributed by atoms with Crippen LogP contribution in [0.2, 0.25) is 0 Å². The second-order valence-corrected chi connectivity index (χ2v) is 5.57. The Bertz CT molecular complexity index is 708. The Balaban J connectivity index is 2.53. The highest BCUT2D eigenvalue weighted by atomic mass is 79.9. The van der Waals surface area contributed by atoms with E-state index in [1.807, 2.05) is 39.0 Å². The lowest BCUT2D eigenvalue weighted by molar-refractivity contribution is 0.407. The van der Waals surface area contributed by atoms with Gasteiger partial charge in [0.05, 0.1) is 23.8 Å². The van der Waals surface area contributed by atoms with Crippen LogP contribution >= 0.6 is 15.9 Å². The molecule has 0 unspecified atom stereocenters. The molecule has 2 aromatic rings. The van der Waals surface area contributed by atoms with Gasteiger partial charge in [-0.1, -0.05) is 17.7 Å². The summed E-state index contributed by atoms with van der Waals surface area (Å²) in [5.41, 5.74) is 3.43. The standard InChI is InChI=1S/C15H17BrN2O2/c1-9-5-6-13(20-4)12(7-9)8-18-11(3)14(16)10(2)17-15(18)19/h5-7H,8H2,1-4H3. The van der Waals surface area contributed by atoms with Gasteiger partial charge in [0.15, 0.2) is 0 Å². The second-order valence-electron chi connectivity index (χ2n) is 4.78. The summed E-state index contributed by atoms with van der Waals surface area (Å²) < 4.78 is 7.87. The molecule has 5 heteroatoms. The zero-order valence-electron chi connectivity index (χ0n) is 12.0. The molecule has 1 heterocycles. The van der Waals surface area contributed by atoms with Crippen LogP contribution in [0, 0.1) is 20.8 Å². The van der Waals surface area contributed by atoms with Crippen LogP contribution in [0.25, 0.3) is 0 Å². The molecule has 1 aromatic carbocycles. The average Bonchev–Trinajstić information content (AvgIpc) is 2.41. The van der Waals surface area contributed by atoms with Crippen LogP contribution in [0.4, 0.5) is 0 Å². The molecule has 0 spiro atoms. The molecule has 0 aliphatic heterocycles. The molecule has 4 nitrogen and oxygen atoms in total. The van der Waals surface area contributed by atoms with E-state index in [9.17, 15) is 4.79 Å². The largest absolute Gasteiger partial charge is 0.496 e. The van der Waals surface area contributed by atoms with E-state index in [1.165, 1.54) is 0 Å². The van der Waals surface area contributed by atoms with E-state index in [2.05, 4.69) is 20.9 Å². The molecule has 0 atom stereocenters. The van der Waals surface area contributed by atoms with Gasteiger partial charge >= 0.3 is 5.69 Å². The van der Waals surface area contributed by atoms with E-state index in [4.69, 9.17) is 4.74 Å². The summed E-state index contributed by atoms with van der Waals surface area (Å²) in [6, 6.07) is 5.93. The highest BCUT2D eigenvalue weighted by molar-refractivity contribution is 9.10. The minimum Gasteiger partial charge on any atom is -0.496 e. The molecule has 0 bridgehead atoms. The van der Waals surface area contributed by atoms with Crippen LogP contribution in [-0.4, -0.2) is 16.7 Å². The summed E-state index contributed by atoms with van der Waals surface area (Å²) in [5, 5.41) is 0. The first-order valence-corrected chi connectivity index (χ1v) is 7.10. The summed E-state index contributed by atoms with van der Waals surface area (Å²) in [6.45, 7) is 6.18. The number of rotatable bonds is 3. The molecular weight excluding hydrogens is 320 g/mol. The second kappa shape index (κ2) is 5.79. The fourth-order valence-corrected chi connectivity index (χ4v) is 2.47. The Kier molecular flexibility index (Phi) is 4.28. The van der Waals surface area contributed by atoms with Crippen molar-refractivity contribution in [2.24, 2.45) is 0 Å². The predicted molar refractivity (Wildman–Crippen MR) is 82.5 cm³/mol. The van der Waals surface area contributed by atoms with Crippen molar-refractivity contribution in [3.05, 3.63) is 55.7 Å². The Morgan fingerprint density at radius 3 is 2.65 bits per heavy atom. The molecule has 0 fully saturated rings. The zero-order valence-corrected chi connectivity index (χ0v) is 13.6. The van der Waals surface area contributed by atoms with Gasteiger partial charge in [-0.3, -0.25) is 4.57 Å². The van der Waals surface area contributed by atoms with Crippen molar-refractivity contribution in [1.29, 1.82) is 0 Å². The first kappa shape index (κ1) is 14.8. The lowest BCUT2D eigenvalue weighted by Gasteiger charge is -2.14. The molecule has 20 heavy (non-hydrogen) atoms. The van der Waals surface area contributed by atoms with Crippen molar-refractivity contribution < 1.29 is 4.74 Å². The van der Waals surface area contributed by atoms with Gasteiger partial charge in [0, 0.05) is 11.3 Å². The van der Waals surface area contributed by atoms with E-state index in [-0.39, 0.29) is 5.69 Å². The first-order chi connectivity index (χ1) is 9.43. The molecule has 0 aliphatic rings. The lowest BCUT2D eigenvalue weighted by atomic mass is 10.1. The third kappa shape index (κ3) is 2.77. The zero-order chi connectivity index (χ0) is 14.9. The third-order valence-electron chi connectivity index (χ3n) is 3.30. The molecule has 0 amide bonds. The summed E-state index contributed by atoms with van der Waals surface area (Å²) in [7, 11) is 1.63. The lowest BCUT2D eigenvalue weighted by Crippen LogP contribution is -2.27. The van der Waals surface area contributed by atoms with Crippen LogP contribution in [0.3, 0.4) is 0 Å². The molecule has 106 valence electrons. The maximum absolute atomic E-state index is 12.1. The Labute approximate surface area is 126 Å². The molecular formula is C15H17BrN2O2. The van der Waals surface area contributed by atoms with Gasteiger partial charge in [-0.15, -0.1) is 0 Å². The van der Waals surface area contributed by atoms with Gasteiger partial charge in [-0.2, -0.15) is 4.98 Å². The normalized spacial score (nSPS) is 10.7. The summed E-state index contributed by atoms with van der Waals surface area (Å²) in [5.74, 6) is 0.776. The maximum Gasteiger partial charge on any atom is 0.348 e. The first-order valence-electron chi connectivity index (χ1n) is 6.31. The number of nitrogens with zero attached hydrogens (tertiary/aromatic N) is 2. The SMILES string of the molecule is COc1ccc(C)cc1Cn1c(C)c(Br)c(C)nc1=O. The predicted octanol–water partition coefficient (Wildman–Crippen LogP) is 2.99. The van der Waals surface area contributed by atoms with Crippen molar-refractivity contribution >= 4 is 15.9 Å². The molecule has 0 radical (unpaired) electrons. The van der Waals surface area contributed by atoms with Gasteiger partial charge in [-0.25, -0.2) is 4.79 Å². The molecule has 0 saturated carbocycles. The van der Waals surface area contributed by atoms with Gasteiger partial charge in [0.25, 0.3) is 0 Å². The van der Waals surface area contributed by atoms with Crippen LogP contribution in [0.1, 0.15) is 22.5 Å². The highest BCUT2D eigenvalue weighted by Gasteiger charge is 2.12. The summed E-state index contributed by atoms with van der Waals surface area (Å²) >= 11 is 3.47. The number of hydrogen-bond acceptors (Lipinski definition) is 3. The number of aryl methyl sites for hydroxylation is 2. The number of benzene rings is 1. The topological polar surface area (TPSA) is 44.1 Å². The van der Waals surface area contributed by atoms with Crippen molar-refractivity contribution in [2.45, 2.75) is 27.3 Å². The van der Waals surface area contributed by atoms with Gasteiger partial charge in [0.2, 0.25) is 0 Å². The number of methoxy groups -OCH3 is 1. The molecule has 0 N–H and O–H groups in total. The number of hydrogen-bond donors (Lipinski definition) is 0. The van der Waals surface area contributed by atoms with Crippen LogP contribution in [-0.2, 0) is 6.54 Å². The van der Waals surface area contributed by atoms with Crippen molar-refractivity contribution in [3.8, 4) is 5.75 Å².